The van der Waals surface area contributed by atoms with Crippen LogP contribution in [0.1, 0.15) is 11.5 Å². The van der Waals surface area contributed by atoms with Crippen molar-refractivity contribution in [2.24, 2.45) is 4.99 Å². The van der Waals surface area contributed by atoms with Crippen molar-refractivity contribution in [2.45, 2.75) is 0 Å². The van der Waals surface area contributed by atoms with Crippen LogP contribution in [-0.2, 0) is 9.59 Å². The second kappa shape index (κ2) is 7.65. The molecule has 1 aliphatic heterocycles. The minimum absolute atomic E-state index is 0.238. The Labute approximate surface area is 142 Å². The van der Waals surface area contributed by atoms with E-state index in [0.29, 0.717) is 29.0 Å². The highest BCUT2D eigenvalue weighted by molar-refractivity contribution is 8.14. The molecule has 0 N–H and O–H groups in total. The number of thioether (sulfide) groups is 1. The monoisotopic (exact) mass is 342 g/mol. The maximum atomic E-state index is 12.2. The zero-order valence-corrected chi connectivity index (χ0v) is 13.4. The summed E-state index contributed by atoms with van der Waals surface area (Å²) in [5, 5.41) is 0.401. The topological polar surface area (TPSA) is 76.0 Å². The average Bonchev–Trinajstić information content (AvgIpc) is 3.32. The van der Waals surface area contributed by atoms with E-state index in [-0.39, 0.29) is 5.91 Å². The van der Waals surface area contributed by atoms with Crippen LogP contribution < -0.4 is 0 Å². The SMILES string of the molecule is O=C(/C=C/c1ccco1)N=C1SCCN1C(=O)/C=C/c1ccco1. The molecule has 0 aromatic carbocycles. The van der Waals surface area contributed by atoms with Gasteiger partial charge in [0.1, 0.15) is 11.5 Å². The third-order valence-electron chi connectivity index (χ3n) is 3.12. The molecule has 0 unspecified atom stereocenters. The predicted octanol–water partition coefficient (Wildman–Crippen LogP) is 3.06. The van der Waals surface area contributed by atoms with Gasteiger partial charge < -0.3 is 8.83 Å². The molecule has 0 aliphatic carbocycles. The van der Waals surface area contributed by atoms with E-state index in [0.717, 1.165) is 0 Å². The molecule has 0 radical (unpaired) electrons. The lowest BCUT2D eigenvalue weighted by Crippen LogP contribution is -2.30. The largest absolute Gasteiger partial charge is 0.465 e. The Morgan fingerprint density at radius 3 is 2.38 bits per heavy atom. The zero-order chi connectivity index (χ0) is 16.8. The molecule has 24 heavy (non-hydrogen) atoms. The molecule has 0 saturated carbocycles. The van der Waals surface area contributed by atoms with Crippen molar-refractivity contribution in [2.75, 3.05) is 12.3 Å². The summed E-state index contributed by atoms with van der Waals surface area (Å²) in [6.07, 6.45) is 8.90. The highest BCUT2D eigenvalue weighted by atomic mass is 32.2. The van der Waals surface area contributed by atoms with Crippen molar-refractivity contribution >= 4 is 40.9 Å². The molecule has 1 aliphatic rings. The van der Waals surface area contributed by atoms with Crippen molar-refractivity contribution in [3.63, 3.8) is 0 Å². The van der Waals surface area contributed by atoms with Gasteiger partial charge in [-0.3, -0.25) is 14.5 Å². The van der Waals surface area contributed by atoms with Crippen molar-refractivity contribution in [1.29, 1.82) is 0 Å². The van der Waals surface area contributed by atoms with Crippen LogP contribution in [0.4, 0.5) is 0 Å². The Bertz CT molecular complexity index is 789. The fourth-order valence-electron chi connectivity index (χ4n) is 2.00. The van der Waals surface area contributed by atoms with E-state index in [4.69, 9.17) is 8.83 Å². The Kier molecular flexibility index (Phi) is 5.12. The molecule has 2 aromatic heterocycles. The molecule has 7 heteroatoms. The molecule has 0 spiro atoms. The van der Waals surface area contributed by atoms with Gasteiger partial charge >= 0.3 is 0 Å². The summed E-state index contributed by atoms with van der Waals surface area (Å²) in [5.74, 6) is 1.18. The molecule has 0 atom stereocenters. The maximum Gasteiger partial charge on any atom is 0.272 e. The first-order chi connectivity index (χ1) is 11.7. The number of carbonyl (C=O) groups is 2. The van der Waals surface area contributed by atoms with Gasteiger partial charge in [0.25, 0.3) is 11.8 Å². The standard InChI is InChI=1S/C17H14N2O4S/c20-15(7-5-13-3-1-10-22-13)18-17-19(9-12-24-17)16(21)8-6-14-4-2-11-23-14/h1-8,10-11H,9,12H2/b7-5+,8-6+,18-17?. The maximum absolute atomic E-state index is 12.2. The molecular weight excluding hydrogens is 328 g/mol. The van der Waals surface area contributed by atoms with Crippen LogP contribution in [0.15, 0.2) is 62.8 Å². The molecule has 0 bridgehead atoms. The van der Waals surface area contributed by atoms with E-state index < -0.39 is 5.91 Å². The number of hydrogen-bond donors (Lipinski definition) is 0. The molecule has 2 aromatic rings. The van der Waals surface area contributed by atoms with Gasteiger partial charge in [0.2, 0.25) is 0 Å². The molecule has 3 rings (SSSR count). The summed E-state index contributed by atoms with van der Waals surface area (Å²) in [7, 11) is 0. The van der Waals surface area contributed by atoms with Gasteiger partial charge in [-0.15, -0.1) is 0 Å². The fraction of sp³-hybridized carbons (Fsp3) is 0.118. The Morgan fingerprint density at radius 2 is 1.75 bits per heavy atom. The molecule has 6 nitrogen and oxygen atoms in total. The molecule has 122 valence electrons. The third-order valence-corrected chi connectivity index (χ3v) is 4.07. The molecule has 1 saturated heterocycles. The summed E-state index contributed by atoms with van der Waals surface area (Å²) in [4.78, 5) is 29.6. The minimum atomic E-state index is -0.441. The number of rotatable bonds is 4. The summed E-state index contributed by atoms with van der Waals surface area (Å²) < 4.78 is 10.2. The van der Waals surface area contributed by atoms with E-state index in [1.54, 1.807) is 30.3 Å². The summed E-state index contributed by atoms with van der Waals surface area (Å²) >= 11 is 1.37. The van der Waals surface area contributed by atoms with Crippen LogP contribution in [-0.4, -0.2) is 34.2 Å². The van der Waals surface area contributed by atoms with Crippen LogP contribution >= 0.6 is 11.8 Å². The quantitative estimate of drug-likeness (QED) is 0.798. The van der Waals surface area contributed by atoms with Crippen LogP contribution in [0, 0.1) is 0 Å². The first kappa shape index (κ1) is 16.1. The summed E-state index contributed by atoms with van der Waals surface area (Å²) in [5.41, 5.74) is 0. The normalized spacial score (nSPS) is 16.7. The molecular formula is C17H14N2O4S. The van der Waals surface area contributed by atoms with Gasteiger partial charge in [-0.05, 0) is 36.4 Å². The van der Waals surface area contributed by atoms with Gasteiger partial charge in [-0.25, -0.2) is 0 Å². The van der Waals surface area contributed by atoms with Crippen LogP contribution in [0.5, 0.6) is 0 Å². The van der Waals surface area contributed by atoms with E-state index in [9.17, 15) is 9.59 Å². The number of hydrogen-bond acceptors (Lipinski definition) is 5. The fourth-order valence-corrected chi connectivity index (χ4v) is 2.95. The van der Waals surface area contributed by atoms with E-state index in [1.165, 1.54) is 47.4 Å². The smallest absolute Gasteiger partial charge is 0.272 e. The summed E-state index contributed by atoms with van der Waals surface area (Å²) in [6, 6.07) is 6.96. The highest BCUT2D eigenvalue weighted by Gasteiger charge is 2.24. The van der Waals surface area contributed by atoms with E-state index >= 15 is 0 Å². The van der Waals surface area contributed by atoms with Gasteiger partial charge in [-0.1, -0.05) is 11.8 Å². The van der Waals surface area contributed by atoms with Crippen molar-refractivity contribution in [1.82, 2.24) is 4.90 Å². The minimum Gasteiger partial charge on any atom is -0.465 e. The van der Waals surface area contributed by atoms with Gasteiger partial charge in [0.05, 0.1) is 12.5 Å². The lowest BCUT2D eigenvalue weighted by Gasteiger charge is -2.12. The van der Waals surface area contributed by atoms with Crippen molar-refractivity contribution in [3.05, 3.63) is 60.5 Å². The van der Waals surface area contributed by atoms with E-state index in [1.807, 2.05) is 0 Å². The second-order valence-corrected chi connectivity index (χ2v) is 5.83. The Balaban J connectivity index is 1.65. The zero-order valence-electron chi connectivity index (χ0n) is 12.6. The molecule has 3 heterocycles. The van der Waals surface area contributed by atoms with Gasteiger partial charge in [-0.2, -0.15) is 4.99 Å². The van der Waals surface area contributed by atoms with Crippen LogP contribution in [0.2, 0.25) is 0 Å². The second-order valence-electron chi connectivity index (χ2n) is 4.77. The number of carbonyl (C=O) groups excluding carboxylic acids is 2. The van der Waals surface area contributed by atoms with E-state index in [2.05, 4.69) is 4.99 Å². The predicted molar refractivity (Wildman–Crippen MR) is 92.1 cm³/mol. The highest BCUT2D eigenvalue weighted by Crippen LogP contribution is 2.19. The lowest BCUT2D eigenvalue weighted by molar-refractivity contribution is -0.121. The summed E-state index contributed by atoms with van der Waals surface area (Å²) in [6.45, 7) is 0.514. The lowest BCUT2D eigenvalue weighted by atomic mass is 10.3. The first-order valence-corrected chi connectivity index (χ1v) is 8.21. The van der Waals surface area contributed by atoms with Crippen LogP contribution in [0.25, 0.3) is 12.2 Å². The number of nitrogens with zero attached hydrogens (tertiary/aromatic N) is 2. The van der Waals surface area contributed by atoms with Gasteiger partial charge in [0, 0.05) is 24.4 Å². The number of amidine groups is 1. The third kappa shape index (κ3) is 4.14. The van der Waals surface area contributed by atoms with Crippen molar-refractivity contribution in [3.8, 4) is 0 Å². The average molecular weight is 342 g/mol. The van der Waals surface area contributed by atoms with Crippen LogP contribution in [0.3, 0.4) is 0 Å². The Morgan fingerprint density at radius 1 is 1.08 bits per heavy atom. The number of amides is 2. The molecule has 2 amide bonds. The van der Waals surface area contributed by atoms with Gasteiger partial charge in [0.15, 0.2) is 5.17 Å². The van der Waals surface area contributed by atoms with Crippen molar-refractivity contribution < 1.29 is 18.4 Å². The first-order valence-electron chi connectivity index (χ1n) is 7.22. The Hall–Kier alpha value is -2.80. The number of furan rings is 2. The molecule has 1 fully saturated rings. The number of aliphatic imine (C=N–C) groups is 1.